The van der Waals surface area contributed by atoms with Crippen LogP contribution in [-0.2, 0) is 9.53 Å². The van der Waals surface area contributed by atoms with Crippen LogP contribution in [0.1, 0.15) is 58.9 Å². The van der Waals surface area contributed by atoms with E-state index >= 15 is 0 Å². The molecule has 0 aliphatic carbocycles. The Morgan fingerprint density at radius 1 is 1.19 bits per heavy atom. The first-order chi connectivity index (χ1) is 12.3. The van der Waals surface area contributed by atoms with Crippen molar-refractivity contribution in [2.75, 3.05) is 18.4 Å². The normalized spacial score (nSPS) is 14.6. The summed E-state index contributed by atoms with van der Waals surface area (Å²) in [4.78, 5) is 25.6. The summed E-state index contributed by atoms with van der Waals surface area (Å²) in [5.74, 6) is 0.0597. The van der Waals surface area contributed by atoms with Crippen LogP contribution in [0.25, 0.3) is 5.57 Å². The summed E-state index contributed by atoms with van der Waals surface area (Å²) in [6.07, 6.45) is 5.08. The van der Waals surface area contributed by atoms with Crippen LogP contribution >= 0.6 is 0 Å². The molecule has 1 aliphatic heterocycles. The van der Waals surface area contributed by atoms with Gasteiger partial charge in [0.2, 0.25) is 5.91 Å². The zero-order valence-electron chi connectivity index (χ0n) is 16.3. The van der Waals surface area contributed by atoms with Gasteiger partial charge in [-0.25, -0.2) is 4.79 Å². The Labute approximate surface area is 156 Å². The van der Waals surface area contributed by atoms with E-state index in [1.54, 1.807) is 4.90 Å². The van der Waals surface area contributed by atoms with Crippen molar-refractivity contribution in [1.82, 2.24) is 4.90 Å². The first kappa shape index (κ1) is 20.0. The molecular formula is C21H30N2O3. The molecular weight excluding hydrogens is 328 g/mol. The van der Waals surface area contributed by atoms with E-state index in [4.69, 9.17) is 4.74 Å². The Hall–Kier alpha value is -2.30. The topological polar surface area (TPSA) is 58.6 Å². The van der Waals surface area contributed by atoms with Gasteiger partial charge in [0, 0.05) is 25.2 Å². The van der Waals surface area contributed by atoms with Crippen molar-refractivity contribution >= 4 is 23.3 Å². The molecule has 0 atom stereocenters. The van der Waals surface area contributed by atoms with Crippen molar-refractivity contribution < 1.29 is 14.3 Å². The van der Waals surface area contributed by atoms with Gasteiger partial charge in [-0.15, -0.1) is 0 Å². The van der Waals surface area contributed by atoms with Gasteiger partial charge in [0.15, 0.2) is 0 Å². The molecule has 5 nitrogen and oxygen atoms in total. The summed E-state index contributed by atoms with van der Waals surface area (Å²) in [5.41, 5.74) is 2.69. The zero-order chi connectivity index (χ0) is 19.2. The van der Waals surface area contributed by atoms with E-state index in [9.17, 15) is 9.59 Å². The molecule has 2 amide bonds. The molecule has 0 fully saturated rings. The number of anilines is 1. The number of ether oxygens (including phenoxy) is 1. The summed E-state index contributed by atoms with van der Waals surface area (Å²) in [6, 6.07) is 7.90. The van der Waals surface area contributed by atoms with Gasteiger partial charge in [-0.05, 0) is 56.9 Å². The molecule has 0 spiro atoms. The lowest BCUT2D eigenvalue weighted by Gasteiger charge is -2.29. The molecule has 0 radical (unpaired) electrons. The van der Waals surface area contributed by atoms with Gasteiger partial charge < -0.3 is 15.0 Å². The summed E-state index contributed by atoms with van der Waals surface area (Å²) in [5, 5.41) is 2.92. The molecule has 1 heterocycles. The molecule has 0 saturated carbocycles. The number of nitrogens with one attached hydrogen (secondary N) is 1. The molecule has 5 heteroatoms. The van der Waals surface area contributed by atoms with E-state index in [-0.39, 0.29) is 12.0 Å². The maximum absolute atomic E-state index is 12.1. The molecule has 0 aromatic heterocycles. The van der Waals surface area contributed by atoms with Gasteiger partial charge in [-0.3, -0.25) is 4.79 Å². The predicted molar refractivity (Wildman–Crippen MR) is 105 cm³/mol. The van der Waals surface area contributed by atoms with Gasteiger partial charge in [0.25, 0.3) is 0 Å². The second-order valence-corrected chi connectivity index (χ2v) is 7.63. The first-order valence-corrected chi connectivity index (χ1v) is 9.36. The average molecular weight is 358 g/mol. The molecule has 26 heavy (non-hydrogen) atoms. The highest BCUT2D eigenvalue weighted by molar-refractivity contribution is 5.90. The second-order valence-electron chi connectivity index (χ2n) is 7.63. The minimum Gasteiger partial charge on any atom is -0.444 e. The van der Waals surface area contributed by atoms with Gasteiger partial charge in [0.1, 0.15) is 5.60 Å². The van der Waals surface area contributed by atoms with Crippen molar-refractivity contribution in [1.29, 1.82) is 0 Å². The lowest BCUT2D eigenvalue weighted by atomic mass is 9.99. The van der Waals surface area contributed by atoms with Gasteiger partial charge in [-0.1, -0.05) is 31.6 Å². The summed E-state index contributed by atoms with van der Waals surface area (Å²) < 4.78 is 5.42. The van der Waals surface area contributed by atoms with Gasteiger partial charge >= 0.3 is 6.09 Å². The SMILES string of the molecule is CCCCC(=O)Nc1ccc(C2=CCN(C(=O)OC(C)(C)C)CC2)cc1. The van der Waals surface area contributed by atoms with E-state index in [1.807, 2.05) is 45.0 Å². The molecule has 1 N–H and O–H groups in total. The number of rotatable bonds is 5. The van der Waals surface area contributed by atoms with Crippen molar-refractivity contribution in [3.63, 3.8) is 0 Å². The van der Waals surface area contributed by atoms with Crippen LogP contribution in [0.3, 0.4) is 0 Å². The zero-order valence-corrected chi connectivity index (χ0v) is 16.3. The highest BCUT2D eigenvalue weighted by atomic mass is 16.6. The number of carbonyl (C=O) groups is 2. The Morgan fingerprint density at radius 2 is 1.88 bits per heavy atom. The van der Waals surface area contributed by atoms with Crippen molar-refractivity contribution in [2.24, 2.45) is 0 Å². The number of carbonyl (C=O) groups excluding carboxylic acids is 2. The van der Waals surface area contributed by atoms with Crippen LogP contribution in [0.15, 0.2) is 30.3 Å². The van der Waals surface area contributed by atoms with Crippen molar-refractivity contribution in [3.05, 3.63) is 35.9 Å². The number of hydrogen-bond acceptors (Lipinski definition) is 3. The van der Waals surface area contributed by atoms with Crippen molar-refractivity contribution in [3.8, 4) is 0 Å². The average Bonchev–Trinajstić information content (AvgIpc) is 2.59. The predicted octanol–water partition coefficient (Wildman–Crippen LogP) is 4.84. The van der Waals surface area contributed by atoms with Crippen LogP contribution in [0, 0.1) is 0 Å². The fraction of sp³-hybridized carbons (Fsp3) is 0.524. The van der Waals surface area contributed by atoms with E-state index in [0.29, 0.717) is 19.5 Å². The molecule has 1 aromatic rings. The Morgan fingerprint density at radius 3 is 2.42 bits per heavy atom. The number of benzene rings is 1. The number of amides is 2. The first-order valence-electron chi connectivity index (χ1n) is 9.36. The largest absolute Gasteiger partial charge is 0.444 e. The number of unbranched alkanes of at least 4 members (excludes halogenated alkanes) is 1. The highest BCUT2D eigenvalue weighted by Crippen LogP contribution is 2.24. The number of hydrogen-bond donors (Lipinski definition) is 1. The third kappa shape index (κ3) is 6.21. The van der Waals surface area contributed by atoms with Crippen LogP contribution in [0.4, 0.5) is 10.5 Å². The minimum absolute atomic E-state index is 0.0597. The third-order valence-electron chi connectivity index (χ3n) is 4.16. The van der Waals surface area contributed by atoms with E-state index in [0.717, 1.165) is 30.5 Å². The molecule has 1 aliphatic rings. The molecule has 0 unspecified atom stereocenters. The molecule has 0 bridgehead atoms. The molecule has 0 saturated heterocycles. The van der Waals surface area contributed by atoms with Crippen molar-refractivity contribution in [2.45, 2.75) is 59.0 Å². The molecule has 1 aromatic carbocycles. The maximum atomic E-state index is 12.1. The van der Waals surface area contributed by atoms with Crippen LogP contribution in [-0.4, -0.2) is 35.6 Å². The standard InChI is InChI=1S/C21H30N2O3/c1-5-6-7-19(24)22-18-10-8-16(9-11-18)17-12-14-23(15-13-17)20(25)26-21(2,3)4/h8-12H,5-7,13-15H2,1-4H3,(H,22,24). The Bertz CT molecular complexity index is 657. The smallest absolute Gasteiger partial charge is 0.410 e. The fourth-order valence-corrected chi connectivity index (χ4v) is 2.75. The van der Waals surface area contributed by atoms with Gasteiger partial charge in [-0.2, -0.15) is 0 Å². The third-order valence-corrected chi connectivity index (χ3v) is 4.16. The van der Waals surface area contributed by atoms with E-state index < -0.39 is 5.60 Å². The monoisotopic (exact) mass is 358 g/mol. The van der Waals surface area contributed by atoms with Crippen LogP contribution in [0.5, 0.6) is 0 Å². The Kier molecular flexibility index (Phi) is 6.83. The quantitative estimate of drug-likeness (QED) is 0.819. The van der Waals surface area contributed by atoms with Crippen LogP contribution < -0.4 is 5.32 Å². The van der Waals surface area contributed by atoms with E-state index in [1.165, 1.54) is 5.57 Å². The maximum Gasteiger partial charge on any atom is 0.410 e. The van der Waals surface area contributed by atoms with Gasteiger partial charge in [0.05, 0.1) is 0 Å². The fourth-order valence-electron chi connectivity index (χ4n) is 2.75. The highest BCUT2D eigenvalue weighted by Gasteiger charge is 2.23. The minimum atomic E-state index is -0.474. The van der Waals surface area contributed by atoms with E-state index in [2.05, 4.69) is 18.3 Å². The molecule has 142 valence electrons. The lowest BCUT2D eigenvalue weighted by molar-refractivity contribution is -0.116. The summed E-state index contributed by atoms with van der Waals surface area (Å²) in [6.45, 7) is 8.90. The summed E-state index contributed by atoms with van der Waals surface area (Å²) >= 11 is 0. The molecule has 2 rings (SSSR count). The lowest BCUT2D eigenvalue weighted by Crippen LogP contribution is -2.39. The second kappa shape index (κ2) is 8.88. The summed E-state index contributed by atoms with van der Waals surface area (Å²) in [7, 11) is 0. The number of nitrogens with zero attached hydrogens (tertiary/aromatic N) is 1. The van der Waals surface area contributed by atoms with Crippen LogP contribution in [0.2, 0.25) is 0 Å². The Balaban J connectivity index is 1.92.